The molecule has 0 atom stereocenters. The highest BCUT2D eigenvalue weighted by Gasteiger charge is 2.20. The van der Waals surface area contributed by atoms with Gasteiger partial charge in [-0.05, 0) is 81.5 Å². The summed E-state index contributed by atoms with van der Waals surface area (Å²) in [6.45, 7) is 0. The van der Waals surface area contributed by atoms with Gasteiger partial charge in [-0.1, -0.05) is 91.0 Å². The Morgan fingerprint density at radius 1 is 0.267 bits per heavy atom. The number of benzene rings is 8. The van der Waals surface area contributed by atoms with Crippen molar-refractivity contribution in [3.05, 3.63) is 97.1 Å². The molecule has 136 valence electrons. The molecule has 8 aromatic carbocycles. The van der Waals surface area contributed by atoms with E-state index in [2.05, 4.69) is 97.1 Å². The van der Waals surface area contributed by atoms with Crippen LogP contribution in [0.15, 0.2) is 97.1 Å². The smallest absolute Gasteiger partial charge is 0.000741 e. The van der Waals surface area contributed by atoms with Crippen LogP contribution in [-0.2, 0) is 0 Å². The Hall–Kier alpha value is -3.90. The van der Waals surface area contributed by atoms with Crippen LogP contribution in [0.3, 0.4) is 0 Å². The Kier molecular flexibility index (Phi) is 2.49. The van der Waals surface area contributed by atoms with E-state index in [4.69, 9.17) is 0 Å². The lowest BCUT2D eigenvalue weighted by Gasteiger charge is -2.20. The molecule has 8 aromatic rings. The molecule has 0 aromatic heterocycles. The highest BCUT2D eigenvalue weighted by Crippen LogP contribution is 2.49. The summed E-state index contributed by atoms with van der Waals surface area (Å²) >= 11 is 0. The molecule has 8 rings (SSSR count). The molecule has 0 aliphatic rings. The molecule has 0 amide bonds. The van der Waals surface area contributed by atoms with Crippen LogP contribution in [0, 0.1) is 0 Å². The highest BCUT2D eigenvalue weighted by molar-refractivity contribution is 6.45. The second-order valence-corrected chi connectivity index (χ2v) is 8.49. The van der Waals surface area contributed by atoms with E-state index in [1.54, 1.807) is 0 Å². The Bertz CT molecular complexity index is 1940. The third-order valence-electron chi connectivity index (χ3n) is 7.12. The normalized spacial score (nSPS) is 12.7. The summed E-state index contributed by atoms with van der Waals surface area (Å²) in [5.41, 5.74) is 0. The van der Waals surface area contributed by atoms with Gasteiger partial charge in [0.2, 0.25) is 0 Å². The van der Waals surface area contributed by atoms with Crippen molar-refractivity contribution in [1.29, 1.82) is 0 Å². The van der Waals surface area contributed by atoms with Crippen LogP contribution in [-0.4, -0.2) is 0 Å². The largest absolute Gasteiger partial charge is 0.0616 e. The topological polar surface area (TPSA) is 0 Å². The average molecular weight is 376 g/mol. The lowest BCUT2D eigenvalue weighted by atomic mass is 9.82. The second kappa shape index (κ2) is 4.98. The molecular weight excluding hydrogens is 360 g/mol. The van der Waals surface area contributed by atoms with E-state index in [9.17, 15) is 0 Å². The van der Waals surface area contributed by atoms with Crippen molar-refractivity contribution in [3.8, 4) is 0 Å². The van der Waals surface area contributed by atoms with E-state index >= 15 is 0 Å². The summed E-state index contributed by atoms with van der Waals surface area (Å²) in [6.07, 6.45) is 0. The van der Waals surface area contributed by atoms with Crippen LogP contribution in [0.4, 0.5) is 0 Å². The van der Waals surface area contributed by atoms with Gasteiger partial charge in [0, 0.05) is 0 Å². The van der Waals surface area contributed by atoms with Crippen LogP contribution in [0.5, 0.6) is 0 Å². The molecule has 0 nitrogen and oxygen atoms in total. The van der Waals surface area contributed by atoms with Gasteiger partial charge >= 0.3 is 0 Å². The first-order valence-corrected chi connectivity index (χ1v) is 10.5. The van der Waals surface area contributed by atoms with Crippen LogP contribution < -0.4 is 0 Å². The first-order valence-electron chi connectivity index (χ1n) is 10.5. The standard InChI is InChI=1S/C30H16/c1-2-8-19-18(6-1)16-26-22-11-5-7-17-12-13-24-20-9-3-4-10-21(20)25-15-14-23(19)28(26)30(25)29(24)27(17)22/h1-16H. The Morgan fingerprint density at radius 3 is 1.60 bits per heavy atom. The highest BCUT2D eigenvalue weighted by atomic mass is 14.2. The average Bonchev–Trinajstić information content (AvgIpc) is 2.82. The molecule has 0 N–H and O–H groups in total. The first kappa shape index (κ1) is 15.0. The van der Waals surface area contributed by atoms with Crippen molar-refractivity contribution in [1.82, 2.24) is 0 Å². The fourth-order valence-corrected chi connectivity index (χ4v) is 5.94. The summed E-state index contributed by atoms with van der Waals surface area (Å²) in [5, 5.41) is 19.2. The van der Waals surface area contributed by atoms with Gasteiger partial charge in [-0.15, -0.1) is 0 Å². The monoisotopic (exact) mass is 376 g/mol. The molecule has 0 heteroatoms. The lowest BCUT2D eigenvalue weighted by molar-refractivity contribution is 1.79. The molecule has 0 fully saturated rings. The van der Waals surface area contributed by atoms with Crippen LogP contribution >= 0.6 is 0 Å². The van der Waals surface area contributed by atoms with Crippen molar-refractivity contribution in [2.24, 2.45) is 0 Å². The third-order valence-corrected chi connectivity index (χ3v) is 7.12. The van der Waals surface area contributed by atoms with E-state index in [0.29, 0.717) is 0 Å². The number of hydrogen-bond donors (Lipinski definition) is 0. The summed E-state index contributed by atoms with van der Waals surface area (Å²) in [4.78, 5) is 0. The fraction of sp³-hybridized carbons (Fsp3) is 0. The zero-order valence-electron chi connectivity index (χ0n) is 16.2. The van der Waals surface area contributed by atoms with E-state index in [0.717, 1.165) is 0 Å². The molecular formula is C30H16. The molecule has 0 spiro atoms. The molecule has 0 heterocycles. The second-order valence-electron chi connectivity index (χ2n) is 8.49. The zero-order valence-corrected chi connectivity index (χ0v) is 16.2. The van der Waals surface area contributed by atoms with Gasteiger partial charge in [-0.2, -0.15) is 0 Å². The minimum absolute atomic E-state index is 1.31. The van der Waals surface area contributed by atoms with Gasteiger partial charge in [0.1, 0.15) is 0 Å². The van der Waals surface area contributed by atoms with Gasteiger partial charge in [0.05, 0.1) is 0 Å². The maximum absolute atomic E-state index is 2.41. The minimum atomic E-state index is 1.31. The quantitative estimate of drug-likeness (QED) is 0.183. The van der Waals surface area contributed by atoms with Crippen molar-refractivity contribution in [2.75, 3.05) is 0 Å². The van der Waals surface area contributed by atoms with Gasteiger partial charge < -0.3 is 0 Å². The molecule has 0 aliphatic heterocycles. The maximum atomic E-state index is 2.41. The van der Waals surface area contributed by atoms with Crippen LogP contribution in [0.2, 0.25) is 0 Å². The maximum Gasteiger partial charge on any atom is -0.000741 e. The molecule has 0 aliphatic carbocycles. The van der Waals surface area contributed by atoms with Crippen LogP contribution in [0.1, 0.15) is 0 Å². The Morgan fingerprint density at radius 2 is 0.800 bits per heavy atom. The molecule has 0 unspecified atom stereocenters. The van der Waals surface area contributed by atoms with Crippen LogP contribution in [0.25, 0.3) is 75.4 Å². The molecule has 30 heavy (non-hydrogen) atoms. The van der Waals surface area contributed by atoms with Gasteiger partial charge in [0.15, 0.2) is 0 Å². The Labute approximate surface area is 172 Å². The number of rotatable bonds is 0. The predicted octanol–water partition coefficient (Wildman–Crippen LogP) is 8.63. The SMILES string of the molecule is c1ccc2c(c1)cc1c3cccc4ccc5c6ccccc6c6ccc2c1c6c5c43. The summed E-state index contributed by atoms with van der Waals surface area (Å²) in [7, 11) is 0. The van der Waals surface area contributed by atoms with E-state index in [-0.39, 0.29) is 0 Å². The van der Waals surface area contributed by atoms with Gasteiger partial charge in [-0.25, -0.2) is 0 Å². The lowest BCUT2D eigenvalue weighted by Crippen LogP contribution is -1.92. The molecule has 0 bridgehead atoms. The number of hydrogen-bond acceptors (Lipinski definition) is 0. The van der Waals surface area contributed by atoms with E-state index in [1.165, 1.54) is 75.4 Å². The fourth-order valence-electron chi connectivity index (χ4n) is 5.94. The third kappa shape index (κ3) is 1.58. The summed E-state index contributed by atoms with van der Waals surface area (Å²) in [6, 6.07) is 36.2. The summed E-state index contributed by atoms with van der Waals surface area (Å²) in [5.74, 6) is 0. The molecule has 0 saturated carbocycles. The van der Waals surface area contributed by atoms with E-state index in [1.807, 2.05) is 0 Å². The predicted molar refractivity (Wildman–Crippen MR) is 131 cm³/mol. The summed E-state index contributed by atoms with van der Waals surface area (Å²) < 4.78 is 0. The molecule has 0 radical (unpaired) electrons. The van der Waals surface area contributed by atoms with Crippen molar-refractivity contribution in [2.45, 2.75) is 0 Å². The van der Waals surface area contributed by atoms with Gasteiger partial charge in [-0.3, -0.25) is 0 Å². The minimum Gasteiger partial charge on any atom is -0.0616 e. The zero-order chi connectivity index (χ0) is 19.4. The van der Waals surface area contributed by atoms with Crippen molar-refractivity contribution < 1.29 is 0 Å². The van der Waals surface area contributed by atoms with Gasteiger partial charge in [0.25, 0.3) is 0 Å². The number of fused-ring (bicyclic) bond motifs is 6. The van der Waals surface area contributed by atoms with E-state index < -0.39 is 0 Å². The Balaban J connectivity index is 1.89. The first-order chi connectivity index (χ1) is 14.9. The molecule has 0 saturated heterocycles. The van der Waals surface area contributed by atoms with Crippen molar-refractivity contribution >= 4 is 75.4 Å². The van der Waals surface area contributed by atoms with Crippen molar-refractivity contribution in [3.63, 3.8) is 0 Å².